The highest BCUT2D eigenvalue weighted by Gasteiger charge is 2.44. The van der Waals surface area contributed by atoms with Crippen LogP contribution in [0.25, 0.3) is 0 Å². The van der Waals surface area contributed by atoms with Crippen LogP contribution in [0.5, 0.6) is 0 Å². The first-order valence-corrected chi connectivity index (χ1v) is 9.66. The summed E-state index contributed by atoms with van der Waals surface area (Å²) >= 11 is 0. The topological polar surface area (TPSA) is 46.3 Å². The van der Waals surface area contributed by atoms with E-state index in [0.29, 0.717) is 11.8 Å². The van der Waals surface area contributed by atoms with E-state index in [-0.39, 0.29) is 11.5 Å². The van der Waals surface area contributed by atoms with Gasteiger partial charge in [-0.05, 0) is 56.6 Å². The molecule has 2 fully saturated rings. The van der Waals surface area contributed by atoms with Gasteiger partial charge >= 0.3 is 0 Å². The number of amides is 1. The summed E-state index contributed by atoms with van der Waals surface area (Å²) in [5.41, 5.74) is 8.31. The molecule has 0 radical (unpaired) electrons. The van der Waals surface area contributed by atoms with Crippen LogP contribution in [0, 0.1) is 12.8 Å². The van der Waals surface area contributed by atoms with Crippen molar-refractivity contribution in [3.8, 4) is 0 Å². The largest absolute Gasteiger partial charge is 0.342 e. The van der Waals surface area contributed by atoms with E-state index in [9.17, 15) is 4.79 Å². The summed E-state index contributed by atoms with van der Waals surface area (Å²) < 4.78 is 0. The van der Waals surface area contributed by atoms with E-state index in [2.05, 4.69) is 43.0 Å². The predicted octanol–water partition coefficient (Wildman–Crippen LogP) is 3.78. The lowest BCUT2D eigenvalue weighted by Gasteiger charge is -2.43. The second kappa shape index (κ2) is 7.26. The monoisotopic (exact) mass is 328 g/mol. The second-order valence-electron chi connectivity index (χ2n) is 7.95. The molecule has 0 spiro atoms. The van der Waals surface area contributed by atoms with Gasteiger partial charge in [0.25, 0.3) is 0 Å². The third-order valence-electron chi connectivity index (χ3n) is 6.35. The van der Waals surface area contributed by atoms with E-state index in [1.54, 1.807) is 0 Å². The van der Waals surface area contributed by atoms with Gasteiger partial charge in [0.1, 0.15) is 0 Å². The highest BCUT2D eigenvalue weighted by Crippen LogP contribution is 2.43. The Bertz CT molecular complexity index is 567. The van der Waals surface area contributed by atoms with Gasteiger partial charge in [0.15, 0.2) is 0 Å². The molecule has 132 valence electrons. The van der Waals surface area contributed by atoms with Gasteiger partial charge in [-0.25, -0.2) is 0 Å². The molecule has 1 unspecified atom stereocenters. The van der Waals surface area contributed by atoms with E-state index in [1.165, 1.54) is 17.5 Å². The molecule has 2 N–H and O–H groups in total. The molecule has 1 aliphatic carbocycles. The maximum Gasteiger partial charge on any atom is 0.233 e. The van der Waals surface area contributed by atoms with Crippen LogP contribution in [-0.2, 0) is 10.2 Å². The minimum absolute atomic E-state index is 0.238. The van der Waals surface area contributed by atoms with Crippen molar-refractivity contribution in [2.45, 2.75) is 70.3 Å². The molecule has 1 aliphatic heterocycles. The van der Waals surface area contributed by atoms with E-state index in [4.69, 9.17) is 5.73 Å². The molecular formula is C21H32N2O. The van der Waals surface area contributed by atoms with Gasteiger partial charge in [-0.1, -0.05) is 43.5 Å². The minimum Gasteiger partial charge on any atom is -0.342 e. The van der Waals surface area contributed by atoms with Crippen LogP contribution in [0.2, 0.25) is 0 Å². The molecule has 1 saturated heterocycles. The van der Waals surface area contributed by atoms with Crippen molar-refractivity contribution in [2.24, 2.45) is 11.7 Å². The fourth-order valence-corrected chi connectivity index (χ4v) is 4.79. The Kier molecular flexibility index (Phi) is 5.29. The summed E-state index contributed by atoms with van der Waals surface area (Å²) in [6, 6.07) is 8.75. The quantitative estimate of drug-likeness (QED) is 0.918. The van der Waals surface area contributed by atoms with Crippen LogP contribution < -0.4 is 5.73 Å². The average Bonchev–Trinajstić information content (AvgIpc) is 2.62. The van der Waals surface area contributed by atoms with Gasteiger partial charge in [-0.2, -0.15) is 0 Å². The Morgan fingerprint density at radius 2 is 1.79 bits per heavy atom. The lowest BCUT2D eigenvalue weighted by molar-refractivity contribution is -0.140. The third kappa shape index (κ3) is 3.23. The van der Waals surface area contributed by atoms with Crippen LogP contribution >= 0.6 is 0 Å². The van der Waals surface area contributed by atoms with Crippen molar-refractivity contribution in [1.82, 2.24) is 4.90 Å². The average molecular weight is 329 g/mol. The van der Waals surface area contributed by atoms with Crippen molar-refractivity contribution in [1.29, 1.82) is 0 Å². The molecule has 1 aromatic carbocycles. The number of hydrogen-bond donors (Lipinski definition) is 1. The zero-order chi connectivity index (χ0) is 17.2. The van der Waals surface area contributed by atoms with Gasteiger partial charge in [0.05, 0.1) is 5.41 Å². The van der Waals surface area contributed by atoms with E-state index >= 15 is 0 Å². The number of benzene rings is 1. The Balaban J connectivity index is 1.85. The van der Waals surface area contributed by atoms with Gasteiger partial charge in [-0.3, -0.25) is 4.79 Å². The van der Waals surface area contributed by atoms with Crippen molar-refractivity contribution >= 4 is 5.91 Å². The lowest BCUT2D eigenvalue weighted by atomic mass is 9.67. The highest BCUT2D eigenvalue weighted by molar-refractivity contribution is 5.89. The summed E-state index contributed by atoms with van der Waals surface area (Å²) in [5, 5.41) is 0. The maximum absolute atomic E-state index is 13.6. The number of carbonyl (C=O) groups is 1. The number of likely N-dealkylation sites (tertiary alicyclic amines) is 1. The fraction of sp³-hybridized carbons (Fsp3) is 0.667. The number of hydrogen-bond acceptors (Lipinski definition) is 2. The Morgan fingerprint density at radius 3 is 2.38 bits per heavy atom. The van der Waals surface area contributed by atoms with Crippen molar-refractivity contribution in [2.75, 3.05) is 13.1 Å². The van der Waals surface area contributed by atoms with E-state index in [1.807, 2.05) is 0 Å². The first-order chi connectivity index (χ1) is 11.5. The molecule has 1 amide bonds. The first kappa shape index (κ1) is 17.5. The zero-order valence-corrected chi connectivity index (χ0v) is 15.3. The number of nitrogens with zero attached hydrogens (tertiary/aromatic N) is 1. The highest BCUT2D eigenvalue weighted by atomic mass is 16.2. The van der Waals surface area contributed by atoms with Crippen LogP contribution in [0.1, 0.15) is 63.0 Å². The predicted molar refractivity (Wildman–Crippen MR) is 98.9 cm³/mol. The molecule has 0 bridgehead atoms. The molecule has 3 nitrogen and oxygen atoms in total. The van der Waals surface area contributed by atoms with E-state index in [0.717, 1.165) is 51.6 Å². The lowest BCUT2D eigenvalue weighted by Crippen LogP contribution is -2.51. The number of piperidine rings is 1. The van der Waals surface area contributed by atoms with Crippen LogP contribution in [0.15, 0.2) is 24.3 Å². The molecule has 1 atom stereocenters. The summed E-state index contributed by atoms with van der Waals surface area (Å²) in [6.07, 6.45) is 7.69. The maximum atomic E-state index is 13.6. The summed E-state index contributed by atoms with van der Waals surface area (Å²) in [6.45, 7) is 6.00. The van der Waals surface area contributed by atoms with Gasteiger partial charge < -0.3 is 10.6 Å². The minimum atomic E-state index is -0.287. The Labute approximate surface area is 146 Å². The smallest absolute Gasteiger partial charge is 0.233 e. The normalized spacial score (nSPS) is 23.0. The van der Waals surface area contributed by atoms with Crippen molar-refractivity contribution < 1.29 is 4.79 Å². The SMILES string of the molecule is Cc1ccccc1C1(C(=O)N2CCC(C(C)N)CC2)CCCCC1. The molecule has 3 rings (SSSR count). The second-order valence-corrected chi connectivity index (χ2v) is 7.95. The molecule has 3 heteroatoms. The zero-order valence-electron chi connectivity index (χ0n) is 15.3. The fourth-order valence-electron chi connectivity index (χ4n) is 4.79. The van der Waals surface area contributed by atoms with Gasteiger partial charge in [-0.15, -0.1) is 0 Å². The van der Waals surface area contributed by atoms with Gasteiger partial charge in [0.2, 0.25) is 5.91 Å². The molecular weight excluding hydrogens is 296 g/mol. The van der Waals surface area contributed by atoms with Crippen molar-refractivity contribution in [3.63, 3.8) is 0 Å². The van der Waals surface area contributed by atoms with Crippen LogP contribution in [0.4, 0.5) is 0 Å². The summed E-state index contributed by atoms with van der Waals surface area (Å²) in [7, 11) is 0. The number of carbonyl (C=O) groups excluding carboxylic acids is 1. The number of rotatable bonds is 3. The molecule has 24 heavy (non-hydrogen) atoms. The van der Waals surface area contributed by atoms with Gasteiger partial charge in [0, 0.05) is 19.1 Å². The third-order valence-corrected chi connectivity index (χ3v) is 6.35. The summed E-state index contributed by atoms with van der Waals surface area (Å²) in [5.74, 6) is 0.939. The number of nitrogens with two attached hydrogens (primary N) is 1. The standard InChI is InChI=1S/C21H32N2O/c1-16-8-4-5-9-19(16)21(12-6-3-7-13-21)20(24)23-14-10-18(11-15-23)17(2)22/h4-5,8-9,17-18H,3,6-7,10-15,22H2,1-2H3. The van der Waals surface area contributed by atoms with Crippen molar-refractivity contribution in [3.05, 3.63) is 35.4 Å². The molecule has 1 heterocycles. The van der Waals surface area contributed by atoms with E-state index < -0.39 is 0 Å². The Hall–Kier alpha value is -1.35. The van der Waals surface area contributed by atoms with Crippen LogP contribution in [-0.4, -0.2) is 29.9 Å². The molecule has 2 aliphatic rings. The van der Waals surface area contributed by atoms with Crippen LogP contribution in [0.3, 0.4) is 0 Å². The summed E-state index contributed by atoms with van der Waals surface area (Å²) in [4.78, 5) is 15.7. The number of aryl methyl sites for hydroxylation is 1. The molecule has 1 saturated carbocycles. The Morgan fingerprint density at radius 1 is 1.17 bits per heavy atom. The molecule has 1 aromatic rings. The first-order valence-electron chi connectivity index (χ1n) is 9.66. The molecule has 0 aromatic heterocycles.